The predicted octanol–water partition coefficient (Wildman–Crippen LogP) is 19.8. The fourth-order valence-electron chi connectivity index (χ4n) is 15.2. The van der Waals surface area contributed by atoms with E-state index in [1.807, 2.05) is 91.0 Å². The molecule has 28 heteroatoms. The molecular weight excluding hydrogens is 1680 g/mol. The van der Waals surface area contributed by atoms with Crippen molar-refractivity contribution in [2.75, 3.05) is 148 Å². The van der Waals surface area contributed by atoms with Gasteiger partial charge in [-0.1, -0.05) is 133 Å². The predicted molar refractivity (Wildman–Crippen MR) is 492 cm³/mol. The Morgan fingerprint density at radius 3 is 1.25 bits per heavy atom. The van der Waals surface area contributed by atoms with Gasteiger partial charge < -0.3 is 59.8 Å². The zero-order valence-corrected chi connectivity index (χ0v) is 73.3. The van der Waals surface area contributed by atoms with Gasteiger partial charge in [-0.3, -0.25) is 43.3 Å². The molecule has 682 valence electrons. The number of fused-ring (bicyclic) bond motifs is 2. The number of amides is 4. The molecule has 4 N–H and O–H groups in total. The lowest BCUT2D eigenvalue weighted by Crippen LogP contribution is -2.44. The Kier molecular flexibility index (Phi) is 36.5. The number of carbonyl (C=O) groups is 8. The van der Waals surface area contributed by atoms with E-state index < -0.39 is 47.0 Å². The molecule has 3 aliphatic heterocycles. The molecule has 3 heterocycles. The number of nitrogens with one attached hydrogen (secondary N) is 4. The third kappa shape index (κ3) is 29.6. The van der Waals surface area contributed by atoms with Crippen LogP contribution in [-0.2, 0) is 17.3 Å². The fraction of sp³-hybridized carbons (Fsp3) is 0.314. The van der Waals surface area contributed by atoms with Crippen molar-refractivity contribution in [3.8, 4) is 17.2 Å². The summed E-state index contributed by atoms with van der Waals surface area (Å²) in [5.41, 5.74) is 3.82. The summed E-state index contributed by atoms with van der Waals surface area (Å²) in [6.07, 6.45) is -2.26. The number of methoxy groups -OCH3 is 2. The summed E-state index contributed by atoms with van der Waals surface area (Å²) in [6, 6.07) is 67.1. The summed E-state index contributed by atoms with van der Waals surface area (Å²) in [6.45, 7) is 13.9. The lowest BCUT2D eigenvalue weighted by atomic mass is 10.0. The highest BCUT2D eigenvalue weighted by atomic mass is 19.4. The van der Waals surface area contributed by atoms with Crippen molar-refractivity contribution in [2.45, 2.75) is 83.2 Å². The van der Waals surface area contributed by atoms with Gasteiger partial charge in [0.1, 0.15) is 23.1 Å². The van der Waals surface area contributed by atoms with Gasteiger partial charge in [0.2, 0.25) is 0 Å². The van der Waals surface area contributed by atoms with E-state index in [1.54, 1.807) is 91.0 Å². The summed E-state index contributed by atoms with van der Waals surface area (Å²) < 4.78 is 110. The van der Waals surface area contributed by atoms with Crippen LogP contribution in [0.1, 0.15) is 158 Å². The average Bonchev–Trinajstić information content (AvgIpc) is 0.804. The van der Waals surface area contributed by atoms with E-state index in [0.717, 1.165) is 176 Å². The van der Waals surface area contributed by atoms with E-state index in [9.17, 15) is 69.1 Å². The Morgan fingerprint density at radius 1 is 0.362 bits per heavy atom. The molecule has 14 rings (SSSR count). The molecule has 0 saturated carbocycles. The first-order valence-corrected chi connectivity index (χ1v) is 43.4. The molecule has 3 fully saturated rings. The van der Waals surface area contributed by atoms with Crippen molar-refractivity contribution in [1.29, 1.82) is 0 Å². The molecule has 130 heavy (non-hydrogen) atoms. The van der Waals surface area contributed by atoms with Crippen molar-refractivity contribution in [3.05, 3.63) is 304 Å². The Bertz CT molecular complexity index is 5680. The summed E-state index contributed by atoms with van der Waals surface area (Å²) in [5.74, 6) is -3.38. The van der Waals surface area contributed by atoms with Crippen LogP contribution in [0, 0.1) is 5.82 Å². The number of unbranched alkanes of at least 4 members (excludes halogenated alkanes) is 2. The van der Waals surface area contributed by atoms with Crippen molar-refractivity contribution in [1.82, 2.24) is 24.5 Å². The number of anilines is 4. The second kappa shape index (κ2) is 48.5. The molecular formula is C102H108F7N9O12. The molecule has 0 aromatic heterocycles. The first-order chi connectivity index (χ1) is 62.7. The lowest BCUT2D eigenvalue weighted by molar-refractivity contribution is -0.274. The third-order valence-corrected chi connectivity index (χ3v) is 22.6. The summed E-state index contributed by atoms with van der Waals surface area (Å²) >= 11 is 0. The summed E-state index contributed by atoms with van der Waals surface area (Å²) in [7, 11) is 7.24. The van der Waals surface area contributed by atoms with E-state index in [-0.39, 0.29) is 52.6 Å². The van der Waals surface area contributed by atoms with Crippen molar-refractivity contribution < 1.29 is 88.0 Å². The second-order valence-electron chi connectivity index (χ2n) is 31.9. The molecule has 0 aliphatic carbocycles. The van der Waals surface area contributed by atoms with Crippen LogP contribution in [0.3, 0.4) is 0 Å². The highest BCUT2D eigenvalue weighted by Gasteiger charge is 2.33. The molecule has 0 atom stereocenters. The van der Waals surface area contributed by atoms with Crippen LogP contribution in [0.25, 0.3) is 21.5 Å². The minimum absolute atomic E-state index is 0.00391. The first kappa shape index (κ1) is 97.8. The molecule has 0 spiro atoms. The Balaban J connectivity index is 0.000000168. The minimum Gasteiger partial charge on any atom is -0.495 e. The SMILES string of the molecule is CN1CCN(CCCC(=O)c2ccccc2NC(=O)c2ccc(OC(F)(F)F)cc2F)CC1.CN1CCN(CCCC(=O)c2ccccc2NC(=O)c2cccc(C(F)(F)F)c2)CC1.COc1cccc(C(=O)CCCCN2CCOCC2)c1NC(=O)c1ccc2ccccc2c1.COc1cccc(C(=O)CCCCc2ccccc2)c1NC(=O)c1ccc2ccccc2c1. The average molecular weight is 1790 g/mol. The number of ketones is 4. The first-order valence-electron chi connectivity index (χ1n) is 43.4. The zero-order chi connectivity index (χ0) is 92.5. The van der Waals surface area contributed by atoms with Gasteiger partial charge in [-0.05, 0) is 209 Å². The largest absolute Gasteiger partial charge is 0.573 e. The van der Waals surface area contributed by atoms with Gasteiger partial charge in [0.05, 0.1) is 61.3 Å². The summed E-state index contributed by atoms with van der Waals surface area (Å²) in [5, 5.41) is 15.0. The monoisotopic (exact) mass is 1780 g/mol. The van der Waals surface area contributed by atoms with Crippen LogP contribution in [0.5, 0.6) is 17.2 Å². The molecule has 3 aliphatic rings. The molecule has 11 aromatic carbocycles. The molecule has 0 unspecified atom stereocenters. The smallest absolute Gasteiger partial charge is 0.495 e. The quantitative estimate of drug-likeness (QED) is 0.0170. The van der Waals surface area contributed by atoms with Gasteiger partial charge in [-0.15, -0.1) is 13.2 Å². The summed E-state index contributed by atoms with van der Waals surface area (Å²) in [4.78, 5) is 114. The molecule has 0 bridgehead atoms. The van der Waals surface area contributed by atoms with E-state index in [1.165, 1.54) is 38.0 Å². The number of carbonyl (C=O) groups excluding carboxylic acids is 8. The Labute approximate surface area is 752 Å². The number of benzene rings is 11. The molecule has 0 radical (unpaired) electrons. The van der Waals surface area contributed by atoms with Gasteiger partial charge in [-0.2, -0.15) is 13.2 Å². The van der Waals surface area contributed by atoms with Crippen LogP contribution in [0.15, 0.2) is 243 Å². The van der Waals surface area contributed by atoms with Crippen LogP contribution in [-0.4, -0.2) is 204 Å². The maximum absolute atomic E-state index is 14.2. The minimum atomic E-state index is -4.97. The normalized spacial score (nSPS) is 13.9. The Hall–Kier alpha value is -12.8. The van der Waals surface area contributed by atoms with Crippen LogP contribution in [0.4, 0.5) is 53.5 Å². The standard InChI is InChI=1S/C29H27NO3.C27H30N2O4.C23H25F4N3O3.C23H26F3N3O2/c1-33-27-17-9-15-25(26(31)16-8-5-12-21-10-3-2-4-11-21)28(27)30-29(32)24-19-18-22-13-6-7-14-23(22)20-24;1-32-25-11-6-9-23(24(30)10-4-5-14-29-15-17-33-18-16-29)26(25)28-27(31)22-13-12-20-7-2-3-8-21(20)19-22;1-29-11-13-30(14-12-29)10-4-7-21(31)18-5-2-3-6-20(18)28-22(32)17-9-8-16(15-19(17)24)33-23(25,26)27;1-28-12-14-29(15-13-28)11-5-10-21(30)19-8-2-3-9-20(19)27-22(31)17-6-4-7-18(16-17)23(24,25)26/h2-4,6-7,9-11,13-15,17-20H,5,8,12,16H2,1H3,(H,30,32);2-3,6-9,11-13,19H,4-5,10,14-18H2,1H3,(H,28,31);2-3,5-6,8-9,15H,4,7,10-14H2,1H3,(H,28,32);2-4,6-9,16H,5,10-15H2,1H3,(H,27,31). The Morgan fingerprint density at radius 2 is 0.769 bits per heavy atom. The zero-order valence-electron chi connectivity index (χ0n) is 73.3. The highest BCUT2D eigenvalue weighted by Crippen LogP contribution is 2.35. The highest BCUT2D eigenvalue weighted by molar-refractivity contribution is 6.14. The number of nitrogens with zero attached hydrogens (tertiary/aromatic N) is 5. The molecule has 21 nitrogen and oxygen atoms in total. The molecule has 11 aromatic rings. The van der Waals surface area contributed by atoms with Gasteiger partial charge in [0, 0.05) is 136 Å². The number of para-hydroxylation sites is 4. The topological polar surface area (TPSA) is 238 Å². The van der Waals surface area contributed by atoms with E-state index in [4.69, 9.17) is 14.2 Å². The fourth-order valence-corrected chi connectivity index (χ4v) is 15.2. The van der Waals surface area contributed by atoms with Crippen molar-refractivity contribution >= 4 is 91.1 Å². The maximum atomic E-state index is 14.2. The number of hydrogen-bond acceptors (Lipinski definition) is 17. The lowest BCUT2D eigenvalue weighted by Gasteiger charge is -2.32. The van der Waals surface area contributed by atoms with Crippen molar-refractivity contribution in [3.63, 3.8) is 0 Å². The van der Waals surface area contributed by atoms with Gasteiger partial charge >= 0.3 is 12.5 Å². The van der Waals surface area contributed by atoms with Gasteiger partial charge in [-0.25, -0.2) is 4.39 Å². The maximum Gasteiger partial charge on any atom is 0.573 e. The van der Waals surface area contributed by atoms with Crippen LogP contribution in [0.2, 0.25) is 0 Å². The van der Waals surface area contributed by atoms with E-state index in [0.29, 0.717) is 100 Å². The number of piperazine rings is 2. The van der Waals surface area contributed by atoms with E-state index in [2.05, 4.69) is 76.7 Å². The van der Waals surface area contributed by atoms with Crippen LogP contribution < -0.4 is 35.5 Å². The number of aryl methyl sites for hydroxylation is 1. The molecule has 4 amide bonds. The third-order valence-electron chi connectivity index (χ3n) is 22.6. The second-order valence-corrected chi connectivity index (χ2v) is 31.9. The number of morpholine rings is 1. The molecule has 3 saturated heterocycles. The number of ether oxygens (including phenoxy) is 4. The van der Waals surface area contributed by atoms with Gasteiger partial charge in [0.15, 0.2) is 23.1 Å². The van der Waals surface area contributed by atoms with E-state index >= 15 is 0 Å². The number of rotatable bonds is 33. The number of Topliss-reactive ketones (excluding diaryl/α,β-unsaturated/α-hetero) is 4. The number of likely N-dealkylation sites (N-methyl/N-ethyl adjacent to an activating group) is 2. The number of alkyl halides is 6. The van der Waals surface area contributed by atoms with Crippen LogP contribution >= 0.6 is 0 Å². The van der Waals surface area contributed by atoms with Gasteiger partial charge in [0.25, 0.3) is 23.6 Å². The number of hydrogen-bond donors (Lipinski definition) is 4. The van der Waals surface area contributed by atoms with Crippen molar-refractivity contribution in [2.24, 2.45) is 0 Å². The number of halogens is 7.